The first-order valence-corrected chi connectivity index (χ1v) is 29.2. The number of fused-ring (bicyclic) bond motifs is 5. The van der Waals surface area contributed by atoms with E-state index in [1.165, 1.54) is 76.5 Å². The highest BCUT2D eigenvalue weighted by Gasteiger charge is 2.77. The molecule has 12 rings (SSSR count). The third-order valence-corrected chi connectivity index (χ3v) is 23.6. The van der Waals surface area contributed by atoms with Crippen LogP contribution in [0.25, 0.3) is 11.0 Å². The summed E-state index contributed by atoms with van der Waals surface area (Å²) in [5, 5.41) is 29.8. The molecule has 6 aliphatic carbocycles. The van der Waals surface area contributed by atoms with Gasteiger partial charge in [0.1, 0.15) is 11.9 Å². The third-order valence-electron chi connectivity index (χ3n) is 23.6. The van der Waals surface area contributed by atoms with Gasteiger partial charge in [-0.2, -0.15) is 0 Å². The zero-order chi connectivity index (χ0) is 50.4. The van der Waals surface area contributed by atoms with Crippen molar-refractivity contribution in [1.29, 1.82) is 0 Å². The number of benzene rings is 1. The number of aryl methyl sites for hydroxylation is 1. The maximum Gasteiger partial charge on any atom is 0.160 e. The summed E-state index contributed by atoms with van der Waals surface area (Å²) in [6.07, 6.45) is 22.2. The minimum Gasteiger partial charge on any atom is -0.392 e. The van der Waals surface area contributed by atoms with Crippen molar-refractivity contribution in [3.8, 4) is 0 Å². The Morgan fingerprint density at radius 1 is 0.861 bits per heavy atom. The third kappa shape index (κ3) is 7.28. The minimum atomic E-state index is -0.734. The SMILES string of the molecule is CNCCC1(C)C(=O)CC2(CCCC2)C2(C)C1CCC1(C)C2C(O)C2Cn3cc(Cc4cc(C5CCCCC5)cc(C5CCOCC5)c4)c4[nH]cc(c43)CCC(C)(CC(O)C3OC3(C)C)C3=C2C1(C)CC3=O. The number of nitrogens with one attached hydrogen (secondary N) is 2. The molecule has 11 atom stereocenters. The maximum absolute atomic E-state index is 15.7. The molecule has 1 aromatic carbocycles. The topological polar surface area (TPSA) is 129 Å². The lowest BCUT2D eigenvalue weighted by Gasteiger charge is -2.74. The number of Topliss-reactive ketones (excluding diaryl/α,β-unsaturated/α-hetero) is 2. The number of aromatic amines is 1. The van der Waals surface area contributed by atoms with Crippen LogP contribution in [0.2, 0.25) is 0 Å². The standard InChI is InChI=1S/C63H89N3O6/c1-57(2)56(72-57)47(68)32-58(3)22-16-41-35-65-52-44(30-38-28-42(39-14-10-9-11-15-39)31-43(29-38)40-18-26-71-27-19-40)36-66(53(41)52)37-45-50-51(58)46(67)33-61(50,6)60(5)23-17-48-59(4,24-25-64-8)49(69)34-63(20-12-13-21-63)62(48,7)55(60)54(45)70/h28-29,31,35-36,39-40,45,47-48,54-56,64-65,68,70H,9-27,30,32-34,37H2,1-8H3. The second-order valence-electron chi connectivity index (χ2n) is 27.7. The number of epoxide rings is 1. The highest BCUT2D eigenvalue weighted by Crippen LogP contribution is 2.80. The van der Waals surface area contributed by atoms with Crippen molar-refractivity contribution in [2.75, 3.05) is 26.8 Å². The van der Waals surface area contributed by atoms with Crippen molar-refractivity contribution >= 4 is 22.6 Å². The summed E-state index contributed by atoms with van der Waals surface area (Å²) in [6.45, 7) is 19.2. The average Bonchev–Trinajstić information content (AvgIpc) is 3.85. The van der Waals surface area contributed by atoms with Gasteiger partial charge in [-0.25, -0.2) is 0 Å². The van der Waals surface area contributed by atoms with Crippen LogP contribution in [0.1, 0.15) is 204 Å². The fourth-order valence-electron chi connectivity index (χ4n) is 19.6. The van der Waals surface area contributed by atoms with E-state index in [1.807, 2.05) is 7.05 Å². The van der Waals surface area contributed by atoms with Crippen LogP contribution in [0.3, 0.4) is 0 Å². The van der Waals surface area contributed by atoms with E-state index in [9.17, 15) is 15.0 Å². The first-order chi connectivity index (χ1) is 34.3. The predicted molar refractivity (Wildman–Crippen MR) is 284 cm³/mol. The van der Waals surface area contributed by atoms with Gasteiger partial charge in [0.25, 0.3) is 0 Å². The highest BCUT2D eigenvalue weighted by molar-refractivity contribution is 6.02. The fraction of sp³-hybridized carbons (Fsp3) is 0.746. The van der Waals surface area contributed by atoms with Crippen LogP contribution >= 0.6 is 0 Å². The Morgan fingerprint density at radius 2 is 1.56 bits per heavy atom. The number of ketones is 2. The van der Waals surface area contributed by atoms with Crippen molar-refractivity contribution < 1.29 is 29.3 Å². The molecule has 9 nitrogen and oxygen atoms in total. The van der Waals surface area contributed by atoms with Gasteiger partial charge in [0.15, 0.2) is 5.78 Å². The van der Waals surface area contributed by atoms with Gasteiger partial charge in [-0.05, 0) is 183 Å². The zero-order valence-corrected chi connectivity index (χ0v) is 45.5. The first-order valence-electron chi connectivity index (χ1n) is 29.2. The lowest BCUT2D eigenvalue weighted by molar-refractivity contribution is -0.261. The van der Waals surface area contributed by atoms with Crippen molar-refractivity contribution in [1.82, 2.24) is 14.9 Å². The van der Waals surface area contributed by atoms with E-state index in [-0.39, 0.29) is 40.5 Å². The first kappa shape index (κ1) is 49.8. The van der Waals surface area contributed by atoms with Crippen molar-refractivity contribution in [2.45, 2.75) is 219 Å². The lowest BCUT2D eigenvalue weighted by atomic mass is 9.30. The van der Waals surface area contributed by atoms with E-state index in [4.69, 9.17) is 9.47 Å². The number of carbonyl (C=O) groups excluding carboxylic acids is 2. The van der Waals surface area contributed by atoms with Gasteiger partial charge < -0.3 is 34.6 Å². The van der Waals surface area contributed by atoms with Gasteiger partial charge in [-0.3, -0.25) is 9.59 Å². The van der Waals surface area contributed by atoms with Crippen LogP contribution < -0.4 is 5.32 Å². The molecule has 7 fully saturated rings. The van der Waals surface area contributed by atoms with Crippen LogP contribution in [0, 0.1) is 50.2 Å². The van der Waals surface area contributed by atoms with Gasteiger partial charge in [0.05, 0.1) is 28.8 Å². The molecule has 9 aliphatic rings. The molecule has 72 heavy (non-hydrogen) atoms. The van der Waals surface area contributed by atoms with E-state index < -0.39 is 39.5 Å². The average molecular weight is 984 g/mol. The summed E-state index contributed by atoms with van der Waals surface area (Å²) < 4.78 is 14.5. The second kappa shape index (κ2) is 17.5. The molecule has 0 radical (unpaired) electrons. The van der Waals surface area contributed by atoms with Gasteiger partial charge in [0.2, 0.25) is 0 Å². The van der Waals surface area contributed by atoms with Crippen molar-refractivity contribution in [3.05, 3.63) is 69.6 Å². The maximum atomic E-state index is 15.7. The number of rotatable bonds is 10. The summed E-state index contributed by atoms with van der Waals surface area (Å²) in [7, 11) is 2.00. The molecule has 1 spiro atoms. The number of nitrogens with zero attached hydrogens (tertiary/aromatic N) is 1. The monoisotopic (exact) mass is 984 g/mol. The molecule has 2 saturated heterocycles. The molecule has 0 amide bonds. The molecule has 2 aromatic heterocycles. The zero-order valence-electron chi connectivity index (χ0n) is 45.5. The normalized spacial score (nSPS) is 39.1. The molecule has 0 bridgehead atoms. The Morgan fingerprint density at radius 3 is 2.24 bits per heavy atom. The second-order valence-corrected chi connectivity index (χ2v) is 27.7. The van der Waals surface area contributed by atoms with Crippen LogP contribution in [0.4, 0.5) is 0 Å². The number of H-pyrrole nitrogens is 1. The Kier molecular flexibility index (Phi) is 12.1. The number of aromatic nitrogens is 2. The van der Waals surface area contributed by atoms with E-state index in [1.54, 1.807) is 0 Å². The highest BCUT2D eigenvalue weighted by atomic mass is 16.6. The lowest BCUT2D eigenvalue weighted by Crippen LogP contribution is -2.72. The molecule has 9 heteroatoms. The van der Waals surface area contributed by atoms with E-state index in [0.717, 1.165) is 96.0 Å². The molecule has 3 aromatic rings. The van der Waals surface area contributed by atoms with Gasteiger partial charge in [0, 0.05) is 73.7 Å². The predicted octanol–water partition coefficient (Wildman–Crippen LogP) is 11.8. The minimum absolute atomic E-state index is 0.113. The van der Waals surface area contributed by atoms with Gasteiger partial charge >= 0.3 is 0 Å². The number of hydrogen-bond donors (Lipinski definition) is 4. The molecule has 11 unspecified atom stereocenters. The number of carbonyl (C=O) groups is 2. The number of aliphatic hydroxyl groups is 2. The Hall–Kier alpha value is -3.08. The number of aliphatic hydroxyl groups excluding tert-OH is 2. The summed E-state index contributed by atoms with van der Waals surface area (Å²) in [5.41, 5.74) is 8.45. The molecule has 5 heterocycles. The Labute approximate surface area is 430 Å². The quantitative estimate of drug-likeness (QED) is 0.149. The van der Waals surface area contributed by atoms with Crippen LogP contribution in [-0.4, -0.2) is 82.0 Å². The summed E-state index contributed by atoms with van der Waals surface area (Å²) in [4.78, 5) is 34.5. The molecule has 4 N–H and O–H groups in total. The molecule has 392 valence electrons. The molecule has 3 aliphatic heterocycles. The number of allylic oxidation sites excluding steroid dienone is 1. The van der Waals surface area contributed by atoms with E-state index in [2.05, 4.69) is 93.9 Å². The molecular formula is C63H89N3O6. The Balaban J connectivity index is 1.02. The summed E-state index contributed by atoms with van der Waals surface area (Å²) >= 11 is 0. The van der Waals surface area contributed by atoms with Crippen molar-refractivity contribution in [2.24, 2.45) is 50.2 Å². The number of ether oxygens (including phenoxy) is 2. The van der Waals surface area contributed by atoms with E-state index >= 15 is 4.79 Å². The molecular weight excluding hydrogens is 895 g/mol. The smallest absolute Gasteiger partial charge is 0.160 e. The van der Waals surface area contributed by atoms with Crippen LogP contribution in [-0.2, 0) is 38.4 Å². The van der Waals surface area contributed by atoms with Crippen LogP contribution in [0.15, 0.2) is 41.7 Å². The van der Waals surface area contributed by atoms with Gasteiger partial charge in [-0.15, -0.1) is 0 Å². The fourth-order valence-corrected chi connectivity index (χ4v) is 19.6. The summed E-state index contributed by atoms with van der Waals surface area (Å²) in [6, 6.07) is 7.61. The number of hydrogen-bond acceptors (Lipinski definition) is 7. The Bertz CT molecular complexity index is 2620. The van der Waals surface area contributed by atoms with Crippen molar-refractivity contribution in [3.63, 3.8) is 0 Å². The van der Waals surface area contributed by atoms with Crippen LogP contribution in [0.5, 0.6) is 0 Å². The van der Waals surface area contributed by atoms with E-state index in [0.29, 0.717) is 49.8 Å². The largest absolute Gasteiger partial charge is 0.392 e. The summed E-state index contributed by atoms with van der Waals surface area (Å²) in [5.74, 6) is 1.48. The van der Waals surface area contributed by atoms with Gasteiger partial charge in [-0.1, -0.05) is 84.9 Å². The molecule has 5 saturated carbocycles.